The van der Waals surface area contributed by atoms with Crippen molar-refractivity contribution in [1.82, 2.24) is 5.32 Å². The van der Waals surface area contributed by atoms with Crippen LogP contribution in [0.2, 0.25) is 0 Å². The van der Waals surface area contributed by atoms with Crippen LogP contribution in [0, 0.1) is 18.6 Å². The number of nitrogens with one attached hydrogen (secondary N) is 2. The zero-order valence-corrected chi connectivity index (χ0v) is 15.1. The van der Waals surface area contributed by atoms with Gasteiger partial charge in [-0.25, -0.2) is 8.78 Å². The van der Waals surface area contributed by atoms with E-state index in [4.69, 9.17) is 12.2 Å². The molecule has 0 saturated heterocycles. The molecule has 0 aromatic heterocycles. The first-order valence-corrected chi connectivity index (χ1v) is 9.24. The average molecular weight is 367 g/mol. The molecule has 2 aromatic rings. The smallest absolute Gasteiger partial charge is 0.170 e. The lowest BCUT2D eigenvalue weighted by Gasteiger charge is -2.11. The largest absolute Gasteiger partial charge is 0.362 e. The summed E-state index contributed by atoms with van der Waals surface area (Å²) in [6, 6.07) is 11.8. The maximum atomic E-state index is 13.5. The highest BCUT2D eigenvalue weighted by molar-refractivity contribution is 7.98. The Morgan fingerprint density at radius 1 is 1.17 bits per heavy atom. The topological polar surface area (TPSA) is 24.1 Å². The van der Waals surface area contributed by atoms with Crippen molar-refractivity contribution in [3.05, 3.63) is 65.2 Å². The van der Waals surface area contributed by atoms with Crippen LogP contribution < -0.4 is 10.6 Å². The molecule has 0 spiro atoms. The maximum Gasteiger partial charge on any atom is 0.170 e. The van der Waals surface area contributed by atoms with E-state index in [1.165, 1.54) is 23.3 Å². The fourth-order valence-corrected chi connectivity index (χ4v) is 3.25. The summed E-state index contributed by atoms with van der Waals surface area (Å²) >= 11 is 6.98. The zero-order valence-electron chi connectivity index (χ0n) is 13.4. The molecule has 0 amide bonds. The Bertz CT molecular complexity index is 692. The van der Waals surface area contributed by atoms with Gasteiger partial charge in [0.2, 0.25) is 0 Å². The van der Waals surface area contributed by atoms with Gasteiger partial charge in [-0.05, 0) is 49.0 Å². The standard InChI is InChI=1S/C18H20F2N2S2/c1-13-4-2-5-14(10-13)12-24-9-3-8-21-18(23)22-17-7-6-15(19)11-16(17)20/h2,4-7,10-11H,3,8-9,12H2,1H3,(H2,21,22,23). The number of thioether (sulfide) groups is 1. The maximum absolute atomic E-state index is 13.5. The fraction of sp³-hybridized carbons (Fsp3) is 0.278. The Kier molecular flexibility index (Phi) is 7.46. The summed E-state index contributed by atoms with van der Waals surface area (Å²) in [6.07, 6.45) is 0.949. The highest BCUT2D eigenvalue weighted by Gasteiger charge is 2.05. The Labute approximate surface area is 151 Å². The van der Waals surface area contributed by atoms with E-state index in [0.29, 0.717) is 11.7 Å². The lowest BCUT2D eigenvalue weighted by atomic mass is 10.2. The number of halogens is 2. The minimum Gasteiger partial charge on any atom is -0.362 e. The van der Waals surface area contributed by atoms with Gasteiger partial charge in [-0.1, -0.05) is 29.8 Å². The number of hydrogen-bond acceptors (Lipinski definition) is 2. The molecule has 6 heteroatoms. The van der Waals surface area contributed by atoms with Crippen molar-refractivity contribution >= 4 is 34.8 Å². The van der Waals surface area contributed by atoms with Gasteiger partial charge in [0.1, 0.15) is 11.6 Å². The Morgan fingerprint density at radius 2 is 2.00 bits per heavy atom. The van der Waals surface area contributed by atoms with Crippen molar-refractivity contribution in [3.8, 4) is 0 Å². The van der Waals surface area contributed by atoms with E-state index < -0.39 is 11.6 Å². The first-order chi connectivity index (χ1) is 11.5. The molecule has 0 radical (unpaired) electrons. The van der Waals surface area contributed by atoms with Crippen molar-refractivity contribution in [2.75, 3.05) is 17.6 Å². The fourth-order valence-electron chi connectivity index (χ4n) is 2.13. The van der Waals surface area contributed by atoms with E-state index in [-0.39, 0.29) is 5.69 Å². The number of anilines is 1. The van der Waals surface area contributed by atoms with Crippen LogP contribution in [0.4, 0.5) is 14.5 Å². The lowest BCUT2D eigenvalue weighted by molar-refractivity contribution is 0.586. The molecule has 24 heavy (non-hydrogen) atoms. The van der Waals surface area contributed by atoms with Crippen LogP contribution in [0.25, 0.3) is 0 Å². The molecule has 0 saturated carbocycles. The number of hydrogen-bond donors (Lipinski definition) is 2. The Morgan fingerprint density at radius 3 is 2.75 bits per heavy atom. The van der Waals surface area contributed by atoms with E-state index in [1.54, 1.807) is 0 Å². The van der Waals surface area contributed by atoms with Crippen molar-refractivity contribution in [2.45, 2.75) is 19.1 Å². The van der Waals surface area contributed by atoms with E-state index in [1.807, 2.05) is 11.8 Å². The SMILES string of the molecule is Cc1cccc(CSCCCNC(=S)Nc2ccc(F)cc2F)c1. The minimum absolute atomic E-state index is 0.169. The molecule has 0 aliphatic carbocycles. The van der Waals surface area contributed by atoms with E-state index in [2.05, 4.69) is 41.8 Å². The molecule has 2 aromatic carbocycles. The summed E-state index contributed by atoms with van der Waals surface area (Å²) < 4.78 is 26.3. The Hall–Kier alpha value is -1.66. The monoisotopic (exact) mass is 366 g/mol. The first kappa shape index (κ1) is 18.7. The second-order valence-corrected chi connectivity index (χ2v) is 6.91. The van der Waals surface area contributed by atoms with Crippen LogP contribution in [0.5, 0.6) is 0 Å². The molecule has 2 rings (SSSR count). The zero-order chi connectivity index (χ0) is 17.4. The average Bonchev–Trinajstić information content (AvgIpc) is 2.53. The molecule has 0 bridgehead atoms. The summed E-state index contributed by atoms with van der Waals surface area (Å²) in [7, 11) is 0. The number of thiocarbonyl (C=S) groups is 1. The number of aryl methyl sites for hydroxylation is 1. The van der Waals surface area contributed by atoms with Crippen LogP contribution >= 0.6 is 24.0 Å². The molecule has 2 nitrogen and oxygen atoms in total. The summed E-state index contributed by atoms with van der Waals surface area (Å²) in [6.45, 7) is 2.80. The van der Waals surface area contributed by atoms with Crippen LogP contribution in [-0.2, 0) is 5.75 Å². The van der Waals surface area contributed by atoms with Crippen molar-refractivity contribution in [1.29, 1.82) is 0 Å². The minimum atomic E-state index is -0.659. The molecule has 0 aliphatic rings. The third kappa shape index (κ3) is 6.45. The first-order valence-electron chi connectivity index (χ1n) is 7.68. The van der Waals surface area contributed by atoms with Gasteiger partial charge in [-0.3, -0.25) is 0 Å². The van der Waals surface area contributed by atoms with Crippen LogP contribution in [0.3, 0.4) is 0 Å². The van der Waals surface area contributed by atoms with E-state index in [0.717, 1.165) is 24.0 Å². The molecule has 128 valence electrons. The number of benzene rings is 2. The van der Waals surface area contributed by atoms with E-state index in [9.17, 15) is 8.78 Å². The van der Waals surface area contributed by atoms with Gasteiger partial charge in [-0.15, -0.1) is 0 Å². The molecule has 0 atom stereocenters. The Balaban J connectivity index is 1.61. The molecular weight excluding hydrogens is 346 g/mol. The summed E-state index contributed by atoms with van der Waals surface area (Å²) in [5.74, 6) is 0.732. The van der Waals surface area contributed by atoms with Gasteiger partial charge in [0.25, 0.3) is 0 Å². The lowest BCUT2D eigenvalue weighted by Crippen LogP contribution is -2.29. The van der Waals surface area contributed by atoms with E-state index >= 15 is 0 Å². The molecular formula is C18H20F2N2S2. The van der Waals surface area contributed by atoms with Gasteiger partial charge < -0.3 is 10.6 Å². The van der Waals surface area contributed by atoms with Gasteiger partial charge in [0.15, 0.2) is 5.11 Å². The normalized spacial score (nSPS) is 10.5. The molecule has 0 heterocycles. The van der Waals surface area contributed by atoms with Gasteiger partial charge in [-0.2, -0.15) is 11.8 Å². The predicted molar refractivity (Wildman–Crippen MR) is 103 cm³/mol. The van der Waals surface area contributed by atoms with Crippen LogP contribution in [0.1, 0.15) is 17.5 Å². The highest BCUT2D eigenvalue weighted by atomic mass is 32.2. The third-order valence-electron chi connectivity index (χ3n) is 3.28. The van der Waals surface area contributed by atoms with Gasteiger partial charge >= 0.3 is 0 Å². The van der Waals surface area contributed by atoms with Crippen molar-refractivity contribution in [3.63, 3.8) is 0 Å². The van der Waals surface area contributed by atoms with Crippen LogP contribution in [-0.4, -0.2) is 17.4 Å². The molecule has 2 N–H and O–H groups in total. The molecule has 0 fully saturated rings. The molecule has 0 unspecified atom stereocenters. The van der Waals surface area contributed by atoms with Crippen molar-refractivity contribution in [2.24, 2.45) is 0 Å². The summed E-state index contributed by atoms with van der Waals surface area (Å²) in [4.78, 5) is 0. The predicted octanol–water partition coefficient (Wildman–Crippen LogP) is 4.88. The number of rotatable bonds is 7. The second-order valence-electron chi connectivity index (χ2n) is 5.40. The highest BCUT2D eigenvalue weighted by Crippen LogP contribution is 2.15. The molecule has 0 aliphatic heterocycles. The van der Waals surface area contributed by atoms with Crippen LogP contribution in [0.15, 0.2) is 42.5 Å². The van der Waals surface area contributed by atoms with Gasteiger partial charge in [0.05, 0.1) is 5.69 Å². The third-order valence-corrected chi connectivity index (χ3v) is 4.64. The second kappa shape index (κ2) is 9.59. The quantitative estimate of drug-likeness (QED) is 0.539. The summed E-state index contributed by atoms with van der Waals surface area (Å²) in [5.41, 5.74) is 2.78. The summed E-state index contributed by atoms with van der Waals surface area (Å²) in [5, 5.41) is 6.10. The van der Waals surface area contributed by atoms with Gasteiger partial charge in [0, 0.05) is 18.4 Å². The van der Waals surface area contributed by atoms with Crippen molar-refractivity contribution < 1.29 is 8.78 Å².